The van der Waals surface area contributed by atoms with Gasteiger partial charge >= 0.3 is 0 Å². The maximum atomic E-state index is 12.6. The average Bonchev–Trinajstić information content (AvgIpc) is 2.74. The zero-order valence-corrected chi connectivity index (χ0v) is 11.2. The largest absolute Gasteiger partial charge is 0.381 e. The number of nitrogens with zero attached hydrogens (tertiary/aromatic N) is 1. The first-order valence-corrected chi connectivity index (χ1v) is 7.80. The molecule has 0 saturated carbocycles. The van der Waals surface area contributed by atoms with Gasteiger partial charge < -0.3 is 10.5 Å². The van der Waals surface area contributed by atoms with Gasteiger partial charge in [-0.1, -0.05) is 0 Å². The minimum Gasteiger partial charge on any atom is -0.381 e. The Morgan fingerprint density at radius 1 is 1.41 bits per heavy atom. The van der Waals surface area contributed by atoms with Crippen molar-refractivity contribution < 1.29 is 13.2 Å². The molecule has 1 unspecified atom stereocenters. The van der Waals surface area contributed by atoms with Gasteiger partial charge in [0.25, 0.3) is 0 Å². The van der Waals surface area contributed by atoms with Crippen molar-refractivity contribution in [3.05, 3.63) is 0 Å². The van der Waals surface area contributed by atoms with Crippen LogP contribution in [-0.2, 0) is 14.8 Å². The lowest BCUT2D eigenvalue weighted by atomic mass is 10.0. The summed E-state index contributed by atoms with van der Waals surface area (Å²) in [5.41, 5.74) is 5.38. The van der Waals surface area contributed by atoms with Crippen molar-refractivity contribution in [2.24, 2.45) is 5.73 Å². The molecule has 2 N–H and O–H groups in total. The summed E-state index contributed by atoms with van der Waals surface area (Å²) in [7, 11) is -3.21. The van der Waals surface area contributed by atoms with Gasteiger partial charge in [0.15, 0.2) is 0 Å². The molecular formula is C11H22N2O3S. The van der Waals surface area contributed by atoms with E-state index in [1.807, 2.05) is 6.92 Å². The van der Waals surface area contributed by atoms with Gasteiger partial charge in [-0.3, -0.25) is 0 Å². The molecule has 0 aromatic carbocycles. The summed E-state index contributed by atoms with van der Waals surface area (Å²) < 4.78 is 32.0. The van der Waals surface area contributed by atoms with Gasteiger partial charge in [-0.25, -0.2) is 8.42 Å². The normalized spacial score (nSPS) is 33.1. The molecule has 2 saturated heterocycles. The highest BCUT2D eigenvalue weighted by Gasteiger charge is 2.45. The van der Waals surface area contributed by atoms with E-state index in [0.717, 1.165) is 12.8 Å². The van der Waals surface area contributed by atoms with E-state index in [1.165, 1.54) is 0 Å². The number of rotatable bonds is 3. The SMILES string of the molecule is CC1(CN)CCCN1S(=O)(=O)C1CCOCC1. The van der Waals surface area contributed by atoms with Crippen LogP contribution in [0.1, 0.15) is 32.6 Å². The maximum absolute atomic E-state index is 12.6. The summed E-state index contributed by atoms with van der Waals surface area (Å²) in [6, 6.07) is 0. The fourth-order valence-corrected chi connectivity index (χ4v) is 5.10. The molecule has 0 aliphatic carbocycles. The zero-order chi connectivity index (χ0) is 12.5. The van der Waals surface area contributed by atoms with Crippen molar-refractivity contribution in [2.75, 3.05) is 26.3 Å². The quantitative estimate of drug-likeness (QED) is 0.794. The topological polar surface area (TPSA) is 72.6 Å². The zero-order valence-electron chi connectivity index (χ0n) is 10.4. The smallest absolute Gasteiger partial charge is 0.217 e. The molecule has 2 aliphatic heterocycles. The third kappa shape index (κ3) is 2.36. The molecule has 0 amide bonds. The molecule has 2 rings (SSSR count). The molecule has 17 heavy (non-hydrogen) atoms. The summed E-state index contributed by atoms with van der Waals surface area (Å²) in [6.45, 7) is 4.08. The van der Waals surface area contributed by atoms with Crippen LogP contribution >= 0.6 is 0 Å². The van der Waals surface area contributed by atoms with Crippen LogP contribution in [0.3, 0.4) is 0 Å². The Morgan fingerprint density at radius 3 is 2.65 bits per heavy atom. The predicted octanol–water partition coefficient (Wildman–Crippen LogP) is 0.308. The Kier molecular flexibility index (Phi) is 3.77. The molecule has 2 heterocycles. The first-order chi connectivity index (χ1) is 8.00. The highest BCUT2D eigenvalue weighted by molar-refractivity contribution is 7.89. The number of ether oxygens (including phenoxy) is 1. The van der Waals surface area contributed by atoms with E-state index >= 15 is 0 Å². The molecule has 0 aromatic heterocycles. The Labute approximate surface area is 103 Å². The monoisotopic (exact) mass is 262 g/mol. The van der Waals surface area contributed by atoms with Crippen molar-refractivity contribution in [1.29, 1.82) is 0 Å². The lowest BCUT2D eigenvalue weighted by molar-refractivity contribution is 0.0964. The second-order valence-corrected chi connectivity index (χ2v) is 7.37. The van der Waals surface area contributed by atoms with E-state index < -0.39 is 10.0 Å². The molecule has 0 bridgehead atoms. The second kappa shape index (κ2) is 4.84. The minimum absolute atomic E-state index is 0.278. The Bertz CT molecular complexity index is 365. The van der Waals surface area contributed by atoms with Crippen LogP contribution in [0.4, 0.5) is 0 Å². The van der Waals surface area contributed by atoms with Gasteiger partial charge in [-0.15, -0.1) is 0 Å². The number of hydrogen-bond donors (Lipinski definition) is 1. The van der Waals surface area contributed by atoms with Crippen molar-refractivity contribution in [3.8, 4) is 0 Å². The van der Waals surface area contributed by atoms with E-state index in [1.54, 1.807) is 4.31 Å². The molecular weight excluding hydrogens is 240 g/mol. The van der Waals surface area contributed by atoms with E-state index in [2.05, 4.69) is 0 Å². The Morgan fingerprint density at radius 2 is 2.06 bits per heavy atom. The van der Waals surface area contributed by atoms with Gasteiger partial charge in [-0.05, 0) is 32.6 Å². The van der Waals surface area contributed by atoms with Crippen LogP contribution < -0.4 is 5.73 Å². The summed E-state index contributed by atoms with van der Waals surface area (Å²) in [6.07, 6.45) is 3.00. The van der Waals surface area contributed by atoms with Gasteiger partial charge in [0.05, 0.1) is 5.25 Å². The molecule has 1 atom stereocenters. The Balaban J connectivity index is 2.19. The third-order valence-electron chi connectivity index (χ3n) is 4.02. The molecule has 2 aliphatic rings. The van der Waals surface area contributed by atoms with Crippen LogP contribution in [0.25, 0.3) is 0 Å². The van der Waals surface area contributed by atoms with E-state index in [4.69, 9.17) is 10.5 Å². The minimum atomic E-state index is -3.21. The third-order valence-corrected chi connectivity index (χ3v) is 6.57. The van der Waals surface area contributed by atoms with Crippen molar-refractivity contribution in [3.63, 3.8) is 0 Å². The van der Waals surface area contributed by atoms with Crippen LogP contribution in [0, 0.1) is 0 Å². The van der Waals surface area contributed by atoms with Crippen LogP contribution in [0.15, 0.2) is 0 Å². The van der Waals surface area contributed by atoms with Crippen LogP contribution in [0.2, 0.25) is 0 Å². The number of nitrogens with two attached hydrogens (primary N) is 1. The van der Waals surface area contributed by atoms with E-state index in [0.29, 0.717) is 39.1 Å². The molecule has 2 fully saturated rings. The fourth-order valence-electron chi connectivity index (χ4n) is 2.79. The lowest BCUT2D eigenvalue weighted by Crippen LogP contribution is -2.53. The van der Waals surface area contributed by atoms with Gasteiger partial charge in [0.1, 0.15) is 0 Å². The molecule has 6 heteroatoms. The molecule has 100 valence electrons. The first-order valence-electron chi connectivity index (χ1n) is 6.30. The van der Waals surface area contributed by atoms with E-state index in [9.17, 15) is 8.42 Å². The van der Waals surface area contributed by atoms with Gasteiger partial charge in [0, 0.05) is 31.8 Å². The molecule has 0 radical (unpaired) electrons. The maximum Gasteiger partial charge on any atom is 0.217 e. The van der Waals surface area contributed by atoms with Gasteiger partial charge in [-0.2, -0.15) is 4.31 Å². The standard InChI is InChI=1S/C11H22N2O3S/c1-11(9-12)5-2-6-13(11)17(14,15)10-3-7-16-8-4-10/h10H,2-9,12H2,1H3. The van der Waals surface area contributed by atoms with Gasteiger partial charge in [0.2, 0.25) is 10.0 Å². The van der Waals surface area contributed by atoms with Crippen molar-refractivity contribution in [2.45, 2.75) is 43.4 Å². The van der Waals surface area contributed by atoms with Crippen LogP contribution in [0.5, 0.6) is 0 Å². The predicted molar refractivity (Wildman–Crippen MR) is 66.2 cm³/mol. The van der Waals surface area contributed by atoms with E-state index in [-0.39, 0.29) is 10.8 Å². The first kappa shape index (κ1) is 13.3. The summed E-state index contributed by atoms with van der Waals surface area (Å²) in [5, 5.41) is -0.278. The van der Waals surface area contributed by atoms with Crippen molar-refractivity contribution >= 4 is 10.0 Å². The van der Waals surface area contributed by atoms with Crippen molar-refractivity contribution in [1.82, 2.24) is 4.31 Å². The fraction of sp³-hybridized carbons (Fsp3) is 1.00. The summed E-state index contributed by atoms with van der Waals surface area (Å²) >= 11 is 0. The highest BCUT2D eigenvalue weighted by atomic mass is 32.2. The summed E-state index contributed by atoms with van der Waals surface area (Å²) in [5.74, 6) is 0. The molecule has 0 aromatic rings. The second-order valence-electron chi connectivity index (χ2n) is 5.23. The highest BCUT2D eigenvalue weighted by Crippen LogP contribution is 2.34. The van der Waals surface area contributed by atoms with Crippen LogP contribution in [-0.4, -0.2) is 49.8 Å². The molecule has 0 spiro atoms. The Hall–Kier alpha value is -0.170. The summed E-state index contributed by atoms with van der Waals surface area (Å²) in [4.78, 5) is 0. The lowest BCUT2D eigenvalue weighted by Gasteiger charge is -2.36. The number of sulfonamides is 1. The molecule has 5 nitrogen and oxygen atoms in total. The average molecular weight is 262 g/mol. The number of hydrogen-bond acceptors (Lipinski definition) is 4.